The highest BCUT2D eigenvalue weighted by Gasteiger charge is 2.36. The molecule has 2 aromatic carbocycles. The number of furan rings is 1. The van der Waals surface area contributed by atoms with Crippen LogP contribution in [-0.4, -0.2) is 17.8 Å². The zero-order valence-corrected chi connectivity index (χ0v) is 15.4. The zero-order chi connectivity index (χ0) is 20.5. The minimum absolute atomic E-state index is 0.0577. The summed E-state index contributed by atoms with van der Waals surface area (Å²) in [6.07, 6.45) is 1.24. The van der Waals surface area contributed by atoms with Crippen LogP contribution in [0.25, 0.3) is 17.4 Å². The maximum atomic E-state index is 13.3. The van der Waals surface area contributed by atoms with Crippen LogP contribution < -0.4 is 10.2 Å². The summed E-state index contributed by atoms with van der Waals surface area (Å²) in [4.78, 5) is 38.0. The van der Waals surface area contributed by atoms with E-state index in [-0.39, 0.29) is 16.4 Å². The molecule has 1 aromatic heterocycles. The molecule has 0 aliphatic carbocycles. The van der Waals surface area contributed by atoms with E-state index in [1.807, 2.05) is 0 Å². The fourth-order valence-corrected chi connectivity index (χ4v) is 3.03. The van der Waals surface area contributed by atoms with Crippen molar-refractivity contribution < 1.29 is 23.2 Å². The molecule has 1 N–H and O–H groups in total. The molecule has 0 unspecified atom stereocenters. The van der Waals surface area contributed by atoms with Crippen molar-refractivity contribution in [2.24, 2.45) is 0 Å². The van der Waals surface area contributed by atoms with E-state index in [1.54, 1.807) is 42.5 Å². The SMILES string of the molecule is O=C1NC(=O)N(c2ccccc2)C(=O)/C1=C\c1ccc(-c2ccc(F)c(Cl)c2)o1. The first-order valence-electron chi connectivity index (χ1n) is 8.46. The van der Waals surface area contributed by atoms with Gasteiger partial charge in [-0.2, -0.15) is 0 Å². The first-order valence-corrected chi connectivity index (χ1v) is 8.83. The predicted molar refractivity (Wildman–Crippen MR) is 105 cm³/mol. The Morgan fingerprint density at radius 3 is 2.48 bits per heavy atom. The van der Waals surface area contributed by atoms with Crippen LogP contribution in [-0.2, 0) is 9.59 Å². The third-order valence-electron chi connectivity index (χ3n) is 4.23. The van der Waals surface area contributed by atoms with Crippen LogP contribution in [0, 0.1) is 5.82 Å². The largest absolute Gasteiger partial charge is 0.457 e. The number of para-hydroxylation sites is 1. The zero-order valence-electron chi connectivity index (χ0n) is 14.7. The molecule has 2 heterocycles. The van der Waals surface area contributed by atoms with Crippen molar-refractivity contribution in [3.05, 3.63) is 82.8 Å². The van der Waals surface area contributed by atoms with E-state index in [9.17, 15) is 18.8 Å². The monoisotopic (exact) mass is 410 g/mol. The Labute approximate surface area is 169 Å². The first kappa shape index (κ1) is 18.6. The van der Waals surface area contributed by atoms with Crippen LogP contribution in [0.1, 0.15) is 5.76 Å². The first-order chi connectivity index (χ1) is 13.9. The van der Waals surface area contributed by atoms with Crippen molar-refractivity contribution in [2.75, 3.05) is 4.90 Å². The van der Waals surface area contributed by atoms with Crippen LogP contribution in [0.4, 0.5) is 14.9 Å². The molecule has 1 saturated heterocycles. The lowest BCUT2D eigenvalue weighted by Gasteiger charge is -2.26. The van der Waals surface area contributed by atoms with Gasteiger partial charge >= 0.3 is 6.03 Å². The predicted octanol–water partition coefficient (Wildman–Crippen LogP) is 4.41. The van der Waals surface area contributed by atoms with E-state index in [4.69, 9.17) is 16.0 Å². The lowest BCUT2D eigenvalue weighted by molar-refractivity contribution is -0.122. The summed E-state index contributed by atoms with van der Waals surface area (Å²) in [7, 11) is 0. The molecule has 29 heavy (non-hydrogen) atoms. The smallest absolute Gasteiger partial charge is 0.335 e. The quantitative estimate of drug-likeness (QED) is 0.512. The van der Waals surface area contributed by atoms with E-state index >= 15 is 0 Å². The number of benzene rings is 2. The molecule has 1 fully saturated rings. The van der Waals surface area contributed by atoms with Gasteiger partial charge in [0.1, 0.15) is 22.9 Å². The number of rotatable bonds is 3. The highest BCUT2D eigenvalue weighted by molar-refractivity contribution is 6.39. The summed E-state index contributed by atoms with van der Waals surface area (Å²) in [6.45, 7) is 0. The summed E-state index contributed by atoms with van der Waals surface area (Å²) < 4.78 is 19.0. The van der Waals surface area contributed by atoms with E-state index in [0.29, 0.717) is 17.0 Å². The van der Waals surface area contributed by atoms with Gasteiger partial charge in [-0.25, -0.2) is 14.1 Å². The number of amides is 4. The number of urea groups is 1. The van der Waals surface area contributed by atoms with Crippen LogP contribution in [0.3, 0.4) is 0 Å². The van der Waals surface area contributed by atoms with Crippen molar-refractivity contribution in [1.29, 1.82) is 0 Å². The summed E-state index contributed by atoms with van der Waals surface area (Å²) >= 11 is 5.79. The topological polar surface area (TPSA) is 79.6 Å². The molecule has 6 nitrogen and oxygen atoms in total. The number of barbiturate groups is 1. The Hall–Kier alpha value is -3.71. The van der Waals surface area contributed by atoms with Gasteiger partial charge in [0.2, 0.25) is 0 Å². The van der Waals surface area contributed by atoms with Gasteiger partial charge < -0.3 is 4.42 Å². The van der Waals surface area contributed by atoms with Crippen LogP contribution >= 0.6 is 11.6 Å². The summed E-state index contributed by atoms with van der Waals surface area (Å²) in [5.74, 6) is -1.57. The van der Waals surface area contributed by atoms with Gasteiger partial charge in [0.05, 0.1) is 10.7 Å². The minimum Gasteiger partial charge on any atom is -0.457 e. The molecule has 0 radical (unpaired) electrons. The second-order valence-corrected chi connectivity index (χ2v) is 6.53. The Balaban J connectivity index is 1.67. The normalized spacial score (nSPS) is 15.7. The number of carbonyl (C=O) groups excluding carboxylic acids is 3. The van der Waals surface area contributed by atoms with E-state index in [1.165, 1.54) is 24.3 Å². The molecule has 0 bridgehead atoms. The lowest BCUT2D eigenvalue weighted by atomic mass is 10.1. The van der Waals surface area contributed by atoms with Gasteiger partial charge in [-0.3, -0.25) is 14.9 Å². The average molecular weight is 411 g/mol. The Morgan fingerprint density at radius 2 is 1.76 bits per heavy atom. The Bertz CT molecular complexity index is 1170. The molecule has 3 aromatic rings. The molecule has 4 amide bonds. The molecular weight excluding hydrogens is 399 g/mol. The fraction of sp³-hybridized carbons (Fsp3) is 0. The third kappa shape index (κ3) is 3.55. The highest BCUT2D eigenvalue weighted by Crippen LogP contribution is 2.28. The standard InChI is InChI=1S/C21H12ClFN2O4/c22-16-10-12(6-8-17(16)23)18-9-7-14(29-18)11-15-19(26)24-21(28)25(20(15)27)13-4-2-1-3-5-13/h1-11H,(H,24,26,28)/b15-11-. The van der Waals surface area contributed by atoms with Crippen LogP contribution in [0.15, 0.2) is 70.7 Å². The number of nitrogens with zero attached hydrogens (tertiary/aromatic N) is 1. The molecule has 1 aliphatic heterocycles. The number of nitrogens with one attached hydrogen (secondary N) is 1. The molecule has 0 saturated carbocycles. The summed E-state index contributed by atoms with van der Waals surface area (Å²) in [5.41, 5.74) is 0.600. The molecule has 8 heteroatoms. The van der Waals surface area contributed by atoms with Crippen molar-refractivity contribution in [1.82, 2.24) is 5.32 Å². The molecular formula is C21H12ClFN2O4. The van der Waals surface area contributed by atoms with Gasteiger partial charge in [-0.15, -0.1) is 0 Å². The molecule has 0 atom stereocenters. The van der Waals surface area contributed by atoms with Crippen molar-refractivity contribution >= 4 is 41.2 Å². The maximum absolute atomic E-state index is 13.3. The number of carbonyl (C=O) groups is 3. The van der Waals surface area contributed by atoms with Crippen LogP contribution in [0.5, 0.6) is 0 Å². The molecule has 1 aliphatic rings. The summed E-state index contributed by atoms with van der Waals surface area (Å²) in [5, 5.41) is 2.08. The average Bonchev–Trinajstić information content (AvgIpc) is 3.17. The second-order valence-electron chi connectivity index (χ2n) is 6.12. The fourth-order valence-electron chi connectivity index (χ4n) is 2.85. The highest BCUT2D eigenvalue weighted by atomic mass is 35.5. The number of imide groups is 2. The number of anilines is 1. The van der Waals surface area contributed by atoms with Gasteiger partial charge in [0, 0.05) is 5.56 Å². The Morgan fingerprint density at radius 1 is 1.00 bits per heavy atom. The van der Waals surface area contributed by atoms with E-state index in [0.717, 1.165) is 4.90 Å². The van der Waals surface area contributed by atoms with Crippen molar-refractivity contribution in [2.45, 2.75) is 0 Å². The Kier molecular flexibility index (Phi) is 4.74. The number of hydrogen-bond acceptors (Lipinski definition) is 4. The second kappa shape index (κ2) is 7.37. The van der Waals surface area contributed by atoms with Gasteiger partial charge in [0.25, 0.3) is 11.8 Å². The molecule has 4 rings (SSSR count). The third-order valence-corrected chi connectivity index (χ3v) is 4.52. The lowest BCUT2D eigenvalue weighted by Crippen LogP contribution is -2.54. The molecule has 0 spiro atoms. The van der Waals surface area contributed by atoms with E-state index < -0.39 is 23.7 Å². The minimum atomic E-state index is -0.829. The van der Waals surface area contributed by atoms with E-state index in [2.05, 4.69) is 5.32 Å². The number of halogens is 2. The summed E-state index contributed by atoms with van der Waals surface area (Å²) in [6, 6.07) is 14.7. The van der Waals surface area contributed by atoms with Gasteiger partial charge in [-0.05, 0) is 48.5 Å². The van der Waals surface area contributed by atoms with Gasteiger partial charge in [0.15, 0.2) is 0 Å². The maximum Gasteiger partial charge on any atom is 0.335 e. The van der Waals surface area contributed by atoms with Crippen molar-refractivity contribution in [3.8, 4) is 11.3 Å². The van der Waals surface area contributed by atoms with Crippen LogP contribution in [0.2, 0.25) is 5.02 Å². The number of hydrogen-bond donors (Lipinski definition) is 1. The van der Waals surface area contributed by atoms with Crippen molar-refractivity contribution in [3.63, 3.8) is 0 Å². The molecule has 144 valence electrons. The van der Waals surface area contributed by atoms with Gasteiger partial charge in [-0.1, -0.05) is 29.8 Å².